The van der Waals surface area contributed by atoms with Crippen LogP contribution < -0.4 is 4.74 Å². The highest BCUT2D eigenvalue weighted by molar-refractivity contribution is 6.04. The molecule has 2 aromatic rings. The Bertz CT molecular complexity index is 545. The Hall–Kier alpha value is -2.04. The Labute approximate surface area is 92.4 Å². The van der Waals surface area contributed by atoms with Crippen molar-refractivity contribution in [1.82, 2.24) is 10.2 Å². The number of fused-ring (bicyclic) bond motifs is 1. The van der Waals surface area contributed by atoms with E-state index in [1.807, 2.05) is 19.1 Å². The molecule has 0 saturated carbocycles. The van der Waals surface area contributed by atoms with Crippen LogP contribution in [0.15, 0.2) is 12.1 Å². The van der Waals surface area contributed by atoms with Gasteiger partial charge in [-0.1, -0.05) is 0 Å². The fourth-order valence-electron chi connectivity index (χ4n) is 1.66. The number of nitrogens with one attached hydrogen (secondary N) is 1. The highest BCUT2D eigenvalue weighted by Gasteiger charge is 2.18. The van der Waals surface area contributed by atoms with Gasteiger partial charge in [-0.3, -0.25) is 5.10 Å². The number of aryl methyl sites for hydroxylation is 1. The number of carbonyl (C=O) groups is 1. The third-order valence-corrected chi connectivity index (χ3v) is 2.37. The number of carbonyl (C=O) groups excluding carboxylic acids is 1. The van der Waals surface area contributed by atoms with Crippen LogP contribution in [-0.2, 0) is 4.74 Å². The molecule has 84 valence electrons. The van der Waals surface area contributed by atoms with Crippen molar-refractivity contribution in [2.45, 2.75) is 6.92 Å². The second-order valence-corrected chi connectivity index (χ2v) is 3.45. The smallest absolute Gasteiger partial charge is 0.359 e. The average molecular weight is 220 g/mol. The van der Waals surface area contributed by atoms with Gasteiger partial charge in [0, 0.05) is 0 Å². The van der Waals surface area contributed by atoms with Gasteiger partial charge >= 0.3 is 5.97 Å². The molecule has 0 spiro atoms. The van der Waals surface area contributed by atoms with Crippen molar-refractivity contribution in [2.75, 3.05) is 14.2 Å². The molecule has 0 atom stereocenters. The number of nitrogens with zero attached hydrogens (tertiary/aromatic N) is 1. The van der Waals surface area contributed by atoms with Crippen LogP contribution in [0.1, 0.15) is 16.1 Å². The van der Waals surface area contributed by atoms with Gasteiger partial charge in [-0.15, -0.1) is 0 Å². The summed E-state index contributed by atoms with van der Waals surface area (Å²) in [6, 6.07) is 3.75. The van der Waals surface area contributed by atoms with Crippen LogP contribution in [0.3, 0.4) is 0 Å². The van der Waals surface area contributed by atoms with E-state index >= 15 is 0 Å². The van der Waals surface area contributed by atoms with Crippen LogP contribution in [0.4, 0.5) is 0 Å². The van der Waals surface area contributed by atoms with Crippen molar-refractivity contribution in [1.29, 1.82) is 0 Å². The summed E-state index contributed by atoms with van der Waals surface area (Å²) in [6.07, 6.45) is 0. The summed E-state index contributed by atoms with van der Waals surface area (Å²) in [7, 11) is 2.88. The van der Waals surface area contributed by atoms with Crippen LogP contribution in [-0.4, -0.2) is 30.4 Å². The first-order valence-corrected chi connectivity index (χ1v) is 4.78. The molecular weight excluding hydrogens is 208 g/mol. The molecule has 0 fully saturated rings. The molecule has 1 aromatic heterocycles. The summed E-state index contributed by atoms with van der Waals surface area (Å²) >= 11 is 0. The zero-order chi connectivity index (χ0) is 11.7. The number of H-pyrrole nitrogens is 1. The highest BCUT2D eigenvalue weighted by atomic mass is 16.5. The number of benzene rings is 1. The first-order chi connectivity index (χ1) is 7.67. The maximum atomic E-state index is 11.5. The third kappa shape index (κ3) is 1.50. The fourth-order valence-corrected chi connectivity index (χ4v) is 1.66. The standard InChI is InChI=1S/C11H12N2O3/c1-6-4-7-9(8(5-6)15-2)10(13-12-7)11(14)16-3/h4-5H,1-3H3,(H,12,13). The Kier molecular flexibility index (Phi) is 2.52. The summed E-state index contributed by atoms with van der Waals surface area (Å²) in [5.41, 5.74) is 2.04. The molecule has 0 amide bonds. The van der Waals surface area contributed by atoms with Crippen molar-refractivity contribution in [3.8, 4) is 5.75 Å². The van der Waals surface area contributed by atoms with Crippen molar-refractivity contribution in [3.05, 3.63) is 23.4 Å². The summed E-state index contributed by atoms with van der Waals surface area (Å²) in [6.45, 7) is 1.95. The lowest BCUT2D eigenvalue weighted by Gasteiger charge is -2.04. The molecule has 1 aromatic carbocycles. The molecule has 1 heterocycles. The van der Waals surface area contributed by atoms with E-state index in [9.17, 15) is 4.79 Å². The molecule has 0 bridgehead atoms. The average Bonchev–Trinajstić information content (AvgIpc) is 2.70. The zero-order valence-corrected chi connectivity index (χ0v) is 9.33. The number of hydrogen-bond acceptors (Lipinski definition) is 4. The van der Waals surface area contributed by atoms with E-state index in [1.54, 1.807) is 7.11 Å². The number of aromatic amines is 1. The van der Waals surface area contributed by atoms with E-state index in [1.165, 1.54) is 7.11 Å². The molecule has 2 rings (SSSR count). The van der Waals surface area contributed by atoms with Crippen molar-refractivity contribution >= 4 is 16.9 Å². The first-order valence-electron chi connectivity index (χ1n) is 4.78. The quantitative estimate of drug-likeness (QED) is 0.782. The molecule has 16 heavy (non-hydrogen) atoms. The van der Waals surface area contributed by atoms with Gasteiger partial charge in [0.25, 0.3) is 0 Å². The minimum atomic E-state index is -0.478. The number of esters is 1. The normalized spacial score (nSPS) is 10.4. The number of ether oxygens (including phenoxy) is 2. The SMILES string of the molecule is COC(=O)c1n[nH]c2cc(C)cc(OC)c12. The monoisotopic (exact) mass is 220 g/mol. The highest BCUT2D eigenvalue weighted by Crippen LogP contribution is 2.29. The fraction of sp³-hybridized carbons (Fsp3) is 0.273. The Morgan fingerprint density at radius 3 is 2.75 bits per heavy atom. The van der Waals surface area contributed by atoms with E-state index < -0.39 is 5.97 Å². The molecule has 0 aliphatic carbocycles. The van der Waals surface area contributed by atoms with Crippen molar-refractivity contribution in [2.24, 2.45) is 0 Å². The van der Waals surface area contributed by atoms with E-state index in [2.05, 4.69) is 14.9 Å². The minimum Gasteiger partial charge on any atom is -0.496 e. The molecule has 5 heteroatoms. The summed E-state index contributed by atoms with van der Waals surface area (Å²) < 4.78 is 9.89. The van der Waals surface area contributed by atoms with E-state index in [-0.39, 0.29) is 5.69 Å². The topological polar surface area (TPSA) is 64.2 Å². The summed E-state index contributed by atoms with van der Waals surface area (Å²) in [4.78, 5) is 11.5. The van der Waals surface area contributed by atoms with Crippen LogP contribution >= 0.6 is 0 Å². The number of methoxy groups -OCH3 is 2. The molecule has 1 N–H and O–H groups in total. The van der Waals surface area contributed by atoms with E-state index in [4.69, 9.17) is 4.74 Å². The molecule has 0 radical (unpaired) electrons. The molecule has 0 aliphatic heterocycles. The van der Waals surface area contributed by atoms with Gasteiger partial charge in [0.15, 0.2) is 5.69 Å². The molecule has 0 saturated heterocycles. The lowest BCUT2D eigenvalue weighted by atomic mass is 10.1. The maximum Gasteiger partial charge on any atom is 0.359 e. The van der Waals surface area contributed by atoms with Gasteiger partial charge in [0.2, 0.25) is 0 Å². The van der Waals surface area contributed by atoms with Gasteiger partial charge in [-0.25, -0.2) is 4.79 Å². The van der Waals surface area contributed by atoms with Crippen LogP contribution in [0.5, 0.6) is 5.75 Å². The maximum absolute atomic E-state index is 11.5. The first kappa shape index (κ1) is 10.5. The van der Waals surface area contributed by atoms with Crippen LogP contribution in [0.25, 0.3) is 10.9 Å². The predicted octanol–water partition coefficient (Wildman–Crippen LogP) is 1.67. The largest absolute Gasteiger partial charge is 0.496 e. The van der Waals surface area contributed by atoms with Gasteiger partial charge < -0.3 is 9.47 Å². The van der Waals surface area contributed by atoms with Crippen LogP contribution in [0, 0.1) is 6.92 Å². The molecular formula is C11H12N2O3. The molecule has 5 nitrogen and oxygen atoms in total. The van der Waals surface area contributed by atoms with E-state index in [0.717, 1.165) is 11.1 Å². The number of hydrogen-bond donors (Lipinski definition) is 1. The van der Waals surface area contributed by atoms with Crippen molar-refractivity contribution in [3.63, 3.8) is 0 Å². The van der Waals surface area contributed by atoms with Gasteiger partial charge in [0.05, 0.1) is 25.1 Å². The van der Waals surface area contributed by atoms with Gasteiger partial charge in [0.1, 0.15) is 5.75 Å². The summed E-state index contributed by atoms with van der Waals surface area (Å²) in [5.74, 6) is 0.137. The lowest BCUT2D eigenvalue weighted by molar-refractivity contribution is 0.0596. The Balaban J connectivity index is 2.74. The lowest BCUT2D eigenvalue weighted by Crippen LogP contribution is -2.02. The second-order valence-electron chi connectivity index (χ2n) is 3.45. The second kappa shape index (κ2) is 3.84. The number of aromatic nitrogens is 2. The Morgan fingerprint density at radius 1 is 1.38 bits per heavy atom. The van der Waals surface area contributed by atoms with Gasteiger partial charge in [-0.2, -0.15) is 5.10 Å². The predicted molar refractivity (Wildman–Crippen MR) is 58.7 cm³/mol. The molecule has 0 aliphatic rings. The third-order valence-electron chi connectivity index (χ3n) is 2.37. The summed E-state index contributed by atoms with van der Waals surface area (Å²) in [5, 5.41) is 7.38. The van der Waals surface area contributed by atoms with Crippen LogP contribution in [0.2, 0.25) is 0 Å². The van der Waals surface area contributed by atoms with Crippen molar-refractivity contribution < 1.29 is 14.3 Å². The number of rotatable bonds is 2. The Morgan fingerprint density at radius 2 is 2.12 bits per heavy atom. The van der Waals surface area contributed by atoms with Gasteiger partial charge in [-0.05, 0) is 24.6 Å². The molecule has 0 unspecified atom stereocenters. The minimum absolute atomic E-state index is 0.245. The zero-order valence-electron chi connectivity index (χ0n) is 9.33. The van der Waals surface area contributed by atoms with E-state index in [0.29, 0.717) is 11.1 Å².